The molecule has 2 heterocycles. The third-order valence-electron chi connectivity index (χ3n) is 6.64. The molecule has 1 fully saturated rings. The molecule has 38 heavy (non-hydrogen) atoms. The maximum absolute atomic E-state index is 11.2. The number of ether oxygens (including phenoxy) is 3. The molecular weight excluding hydrogens is 480 g/mol. The van der Waals surface area contributed by atoms with Gasteiger partial charge in [0.25, 0.3) is 0 Å². The van der Waals surface area contributed by atoms with Crippen LogP contribution in [0.2, 0.25) is 0 Å². The highest BCUT2D eigenvalue weighted by atomic mass is 16.5. The number of benzene rings is 2. The number of carboxylic acid groups (broad SMARTS) is 1. The number of aliphatic carboxylic acids is 1. The van der Waals surface area contributed by atoms with Gasteiger partial charge < -0.3 is 19.3 Å². The van der Waals surface area contributed by atoms with E-state index in [-0.39, 0.29) is 12.0 Å². The lowest BCUT2D eigenvalue weighted by molar-refractivity contribution is -0.143. The van der Waals surface area contributed by atoms with Gasteiger partial charge in [0.05, 0.1) is 5.92 Å². The van der Waals surface area contributed by atoms with E-state index in [0.717, 1.165) is 22.3 Å². The normalized spacial score (nSPS) is 16.9. The predicted octanol–water partition coefficient (Wildman–Crippen LogP) is 6.32. The Morgan fingerprint density at radius 3 is 2.00 bits per heavy atom. The minimum absolute atomic E-state index is 0.0172. The molecule has 194 valence electrons. The fourth-order valence-electron chi connectivity index (χ4n) is 4.50. The summed E-state index contributed by atoms with van der Waals surface area (Å²) >= 11 is 0. The first-order chi connectivity index (χ1) is 18.6. The Kier molecular flexibility index (Phi) is 8.13. The quantitative estimate of drug-likeness (QED) is 0.267. The van der Waals surface area contributed by atoms with Crippen LogP contribution in [0.4, 0.5) is 0 Å². The van der Waals surface area contributed by atoms with E-state index in [1.807, 2.05) is 84.9 Å². The van der Waals surface area contributed by atoms with Crippen LogP contribution in [0.25, 0.3) is 11.1 Å². The van der Waals surface area contributed by atoms with Gasteiger partial charge in [-0.1, -0.05) is 60.7 Å². The first-order valence-electron chi connectivity index (χ1n) is 12.8. The lowest BCUT2D eigenvalue weighted by atomic mass is 9.87. The molecule has 7 heteroatoms. The number of hydrogen-bond acceptors (Lipinski definition) is 6. The zero-order chi connectivity index (χ0) is 26.2. The third-order valence-corrected chi connectivity index (χ3v) is 6.64. The van der Waals surface area contributed by atoms with E-state index in [1.165, 1.54) is 0 Å². The second kappa shape index (κ2) is 12.2. The topological polar surface area (TPSA) is 90.8 Å². The number of carboxylic acids is 1. The highest BCUT2D eigenvalue weighted by Gasteiger charge is 2.27. The molecule has 0 spiro atoms. The molecule has 1 aliphatic rings. The van der Waals surface area contributed by atoms with Crippen molar-refractivity contribution in [2.24, 2.45) is 5.92 Å². The molecule has 0 amide bonds. The Balaban J connectivity index is 1.30. The largest absolute Gasteiger partial charge is 0.481 e. The van der Waals surface area contributed by atoms with Gasteiger partial charge in [-0.15, -0.1) is 0 Å². The molecule has 0 bridgehead atoms. The number of aromatic nitrogens is 2. The molecule has 0 aliphatic heterocycles. The van der Waals surface area contributed by atoms with E-state index in [2.05, 4.69) is 9.97 Å². The fourth-order valence-corrected chi connectivity index (χ4v) is 4.50. The average Bonchev–Trinajstić information content (AvgIpc) is 2.97. The number of pyridine rings is 2. The second-order valence-electron chi connectivity index (χ2n) is 9.37. The predicted molar refractivity (Wildman–Crippen MR) is 143 cm³/mol. The molecule has 0 atom stereocenters. The molecule has 7 nitrogen and oxygen atoms in total. The summed E-state index contributed by atoms with van der Waals surface area (Å²) in [5, 5.41) is 9.20. The molecule has 2 aromatic carbocycles. The summed E-state index contributed by atoms with van der Waals surface area (Å²) < 4.78 is 18.1. The molecular formula is C31H30N2O5. The van der Waals surface area contributed by atoms with E-state index in [0.29, 0.717) is 56.5 Å². The third kappa shape index (κ3) is 6.68. The number of nitrogens with zero attached hydrogens (tertiary/aromatic N) is 2. The van der Waals surface area contributed by atoms with Gasteiger partial charge in [0.1, 0.15) is 19.3 Å². The van der Waals surface area contributed by atoms with Crippen molar-refractivity contribution in [3.8, 4) is 28.8 Å². The van der Waals surface area contributed by atoms with Gasteiger partial charge in [0.2, 0.25) is 17.6 Å². The lowest BCUT2D eigenvalue weighted by Crippen LogP contribution is -2.28. The van der Waals surface area contributed by atoms with Gasteiger partial charge in [-0.25, -0.2) is 4.98 Å². The smallest absolute Gasteiger partial charge is 0.306 e. The summed E-state index contributed by atoms with van der Waals surface area (Å²) in [4.78, 5) is 20.4. The van der Waals surface area contributed by atoms with Crippen molar-refractivity contribution in [1.29, 1.82) is 0 Å². The molecule has 1 aliphatic carbocycles. The van der Waals surface area contributed by atoms with Gasteiger partial charge in [0, 0.05) is 29.5 Å². The maximum atomic E-state index is 11.2. The van der Waals surface area contributed by atoms with E-state index >= 15 is 0 Å². The Bertz CT molecular complexity index is 1320. The van der Waals surface area contributed by atoms with Gasteiger partial charge in [-0.3, -0.25) is 4.79 Å². The van der Waals surface area contributed by atoms with Crippen LogP contribution in [0.15, 0.2) is 91.1 Å². The number of carbonyl (C=O) groups is 1. The fraction of sp³-hybridized carbons (Fsp3) is 0.258. The van der Waals surface area contributed by atoms with Gasteiger partial charge in [-0.05, 0) is 48.9 Å². The summed E-state index contributed by atoms with van der Waals surface area (Å²) in [6, 6.07) is 27.4. The highest BCUT2D eigenvalue weighted by Crippen LogP contribution is 2.33. The number of rotatable bonds is 10. The minimum Gasteiger partial charge on any atom is -0.481 e. The molecule has 0 radical (unpaired) electrons. The zero-order valence-corrected chi connectivity index (χ0v) is 21.0. The van der Waals surface area contributed by atoms with Crippen LogP contribution < -0.4 is 14.2 Å². The molecule has 1 saturated carbocycles. The van der Waals surface area contributed by atoms with Crippen molar-refractivity contribution in [2.75, 3.05) is 0 Å². The Morgan fingerprint density at radius 1 is 0.763 bits per heavy atom. The molecule has 4 aromatic rings. The van der Waals surface area contributed by atoms with Crippen LogP contribution in [0.3, 0.4) is 0 Å². The zero-order valence-electron chi connectivity index (χ0n) is 21.0. The van der Waals surface area contributed by atoms with Crippen LogP contribution in [-0.2, 0) is 18.0 Å². The SMILES string of the molecule is O=C(O)[C@H]1CC[C@H](Oc2ccc(-c3ccc(OCc4ccccc4)nc3OCc3ccccc3)cn2)CC1. The summed E-state index contributed by atoms with van der Waals surface area (Å²) in [6.07, 6.45) is 4.42. The van der Waals surface area contributed by atoms with Gasteiger partial charge in [-0.2, -0.15) is 4.98 Å². The lowest BCUT2D eigenvalue weighted by Gasteiger charge is -2.26. The molecule has 0 unspecified atom stereocenters. The van der Waals surface area contributed by atoms with E-state index in [1.54, 1.807) is 6.20 Å². The van der Waals surface area contributed by atoms with Crippen molar-refractivity contribution in [3.63, 3.8) is 0 Å². The van der Waals surface area contributed by atoms with Crippen LogP contribution in [0, 0.1) is 5.92 Å². The van der Waals surface area contributed by atoms with Gasteiger partial charge in [0.15, 0.2) is 0 Å². The second-order valence-corrected chi connectivity index (χ2v) is 9.37. The minimum atomic E-state index is -0.721. The Labute approximate surface area is 222 Å². The van der Waals surface area contributed by atoms with Crippen molar-refractivity contribution in [3.05, 3.63) is 102 Å². The average molecular weight is 511 g/mol. The Morgan fingerprint density at radius 2 is 1.39 bits per heavy atom. The summed E-state index contributed by atoms with van der Waals surface area (Å²) in [7, 11) is 0. The van der Waals surface area contributed by atoms with E-state index < -0.39 is 5.97 Å². The van der Waals surface area contributed by atoms with Crippen LogP contribution in [0.1, 0.15) is 36.8 Å². The van der Waals surface area contributed by atoms with Crippen LogP contribution in [-0.4, -0.2) is 27.1 Å². The van der Waals surface area contributed by atoms with Gasteiger partial charge >= 0.3 is 5.97 Å². The molecule has 2 aromatic heterocycles. The standard InChI is InChI=1S/C31H30N2O5/c34-31(35)24-11-14-26(15-12-24)38-28-17-13-25(19-32-28)27-16-18-29(36-20-22-7-3-1-4-8-22)33-30(27)37-21-23-9-5-2-6-10-23/h1-10,13,16-19,24,26H,11-12,14-15,20-21H2,(H,34,35)/t24-,26-. The Hall–Kier alpha value is -4.39. The number of hydrogen-bond donors (Lipinski definition) is 1. The van der Waals surface area contributed by atoms with Crippen LogP contribution in [0.5, 0.6) is 17.6 Å². The van der Waals surface area contributed by atoms with E-state index in [9.17, 15) is 9.90 Å². The summed E-state index contributed by atoms with van der Waals surface area (Å²) in [5.41, 5.74) is 3.74. The first-order valence-corrected chi connectivity index (χ1v) is 12.8. The molecule has 5 rings (SSSR count). The van der Waals surface area contributed by atoms with Crippen LogP contribution >= 0.6 is 0 Å². The van der Waals surface area contributed by atoms with Crippen molar-refractivity contribution in [2.45, 2.75) is 45.0 Å². The summed E-state index contributed by atoms with van der Waals surface area (Å²) in [5.74, 6) is 0.468. The van der Waals surface area contributed by atoms with Crippen molar-refractivity contribution < 1.29 is 24.1 Å². The summed E-state index contributed by atoms with van der Waals surface area (Å²) in [6.45, 7) is 0.782. The molecule has 0 saturated heterocycles. The van der Waals surface area contributed by atoms with E-state index in [4.69, 9.17) is 14.2 Å². The first kappa shape index (κ1) is 25.3. The maximum Gasteiger partial charge on any atom is 0.306 e. The monoisotopic (exact) mass is 510 g/mol. The van der Waals surface area contributed by atoms with Crippen molar-refractivity contribution in [1.82, 2.24) is 9.97 Å². The van der Waals surface area contributed by atoms with Crippen molar-refractivity contribution >= 4 is 5.97 Å². The molecule has 1 N–H and O–H groups in total. The highest BCUT2D eigenvalue weighted by molar-refractivity contribution is 5.70.